The van der Waals surface area contributed by atoms with Crippen LogP contribution in [0.5, 0.6) is 5.75 Å². The van der Waals surface area contributed by atoms with Gasteiger partial charge in [0.2, 0.25) is 0 Å². The van der Waals surface area contributed by atoms with Crippen molar-refractivity contribution in [3.8, 4) is 5.75 Å². The summed E-state index contributed by atoms with van der Waals surface area (Å²) in [6, 6.07) is 12.7. The first-order valence-corrected chi connectivity index (χ1v) is 6.76. The van der Waals surface area contributed by atoms with Gasteiger partial charge in [-0.05, 0) is 48.6 Å². The number of rotatable bonds is 6. The van der Waals surface area contributed by atoms with E-state index in [9.17, 15) is 0 Å². The lowest BCUT2D eigenvalue weighted by atomic mass is 10.0. The summed E-state index contributed by atoms with van der Waals surface area (Å²) in [6.07, 6.45) is 4.33. The Balaban J connectivity index is 1.69. The summed E-state index contributed by atoms with van der Waals surface area (Å²) in [5.41, 5.74) is 1.33. The van der Waals surface area contributed by atoms with Gasteiger partial charge >= 0.3 is 0 Å². The number of benzene rings is 1. The molecule has 1 aromatic heterocycles. The molecule has 1 N–H and O–H groups in total. The van der Waals surface area contributed by atoms with Gasteiger partial charge < -0.3 is 14.5 Å². The molecule has 0 radical (unpaired) electrons. The second-order valence-corrected chi connectivity index (χ2v) is 5.05. The quantitative estimate of drug-likeness (QED) is 0.859. The summed E-state index contributed by atoms with van der Waals surface area (Å²) in [7, 11) is 1.70. The lowest BCUT2D eigenvalue weighted by Gasteiger charge is -2.18. The van der Waals surface area contributed by atoms with Gasteiger partial charge in [-0.3, -0.25) is 0 Å². The van der Waals surface area contributed by atoms with Crippen molar-refractivity contribution >= 4 is 0 Å². The molecule has 3 heteroatoms. The fourth-order valence-corrected chi connectivity index (χ4v) is 2.42. The Hall–Kier alpha value is -1.74. The third-order valence-electron chi connectivity index (χ3n) is 3.64. The van der Waals surface area contributed by atoms with Crippen molar-refractivity contribution in [1.29, 1.82) is 0 Å². The molecule has 100 valence electrons. The first kappa shape index (κ1) is 12.3. The fraction of sp³-hybridized carbons (Fsp3) is 0.375. The average Bonchev–Trinajstić information content (AvgIpc) is 3.15. The molecule has 3 rings (SSSR count). The first-order chi connectivity index (χ1) is 9.36. The summed E-state index contributed by atoms with van der Waals surface area (Å²) in [5.74, 6) is 2.65. The van der Waals surface area contributed by atoms with Crippen LogP contribution in [0, 0.1) is 5.92 Å². The van der Waals surface area contributed by atoms with Crippen molar-refractivity contribution in [2.45, 2.75) is 25.4 Å². The largest absolute Gasteiger partial charge is 0.497 e. The van der Waals surface area contributed by atoms with Gasteiger partial charge in [-0.1, -0.05) is 12.1 Å². The van der Waals surface area contributed by atoms with Crippen LogP contribution in [0.4, 0.5) is 0 Å². The highest BCUT2D eigenvalue weighted by Crippen LogP contribution is 2.41. The summed E-state index contributed by atoms with van der Waals surface area (Å²) in [6.45, 7) is 0.778. The van der Waals surface area contributed by atoms with Crippen molar-refractivity contribution in [1.82, 2.24) is 5.32 Å². The molecule has 2 aromatic rings. The Morgan fingerprint density at radius 2 is 2.05 bits per heavy atom. The highest BCUT2D eigenvalue weighted by Gasteiger charge is 2.32. The van der Waals surface area contributed by atoms with Crippen LogP contribution in [0.25, 0.3) is 0 Å². The molecule has 1 unspecified atom stereocenters. The molecular formula is C16H19NO2. The maximum absolute atomic E-state index is 5.37. The van der Waals surface area contributed by atoms with Crippen LogP contribution in [0.2, 0.25) is 0 Å². The van der Waals surface area contributed by atoms with E-state index in [1.54, 1.807) is 13.4 Å². The van der Waals surface area contributed by atoms with E-state index in [4.69, 9.17) is 9.15 Å². The number of hydrogen-bond donors (Lipinski definition) is 1. The van der Waals surface area contributed by atoms with E-state index < -0.39 is 0 Å². The monoisotopic (exact) mass is 257 g/mol. The minimum Gasteiger partial charge on any atom is -0.497 e. The van der Waals surface area contributed by atoms with Crippen LogP contribution in [-0.4, -0.2) is 7.11 Å². The van der Waals surface area contributed by atoms with Crippen LogP contribution < -0.4 is 10.1 Å². The number of methoxy groups -OCH3 is 1. The molecule has 0 saturated heterocycles. The second-order valence-electron chi connectivity index (χ2n) is 5.05. The number of hydrogen-bond acceptors (Lipinski definition) is 3. The summed E-state index contributed by atoms with van der Waals surface area (Å²) >= 11 is 0. The molecule has 1 heterocycles. The van der Waals surface area contributed by atoms with E-state index in [1.165, 1.54) is 18.4 Å². The van der Waals surface area contributed by atoms with Gasteiger partial charge in [-0.15, -0.1) is 0 Å². The maximum atomic E-state index is 5.37. The Labute approximate surface area is 113 Å². The van der Waals surface area contributed by atoms with Crippen LogP contribution in [0.3, 0.4) is 0 Å². The van der Waals surface area contributed by atoms with Gasteiger partial charge in [0.1, 0.15) is 11.5 Å². The fourth-order valence-electron chi connectivity index (χ4n) is 2.42. The lowest BCUT2D eigenvalue weighted by Crippen LogP contribution is -2.22. The van der Waals surface area contributed by atoms with Gasteiger partial charge in [0, 0.05) is 6.04 Å². The topological polar surface area (TPSA) is 34.4 Å². The summed E-state index contributed by atoms with van der Waals surface area (Å²) in [4.78, 5) is 0. The molecule has 1 aliphatic rings. The number of ether oxygens (including phenoxy) is 1. The third-order valence-corrected chi connectivity index (χ3v) is 3.64. The molecule has 1 fully saturated rings. The minimum absolute atomic E-state index is 0.413. The lowest BCUT2D eigenvalue weighted by molar-refractivity contribution is 0.411. The maximum Gasteiger partial charge on any atom is 0.118 e. The van der Waals surface area contributed by atoms with Gasteiger partial charge in [0.05, 0.1) is 19.9 Å². The van der Waals surface area contributed by atoms with Gasteiger partial charge in [-0.25, -0.2) is 0 Å². The molecule has 0 aliphatic heterocycles. The van der Waals surface area contributed by atoms with E-state index in [0.717, 1.165) is 24.0 Å². The number of furan rings is 1. The SMILES string of the molecule is COc1ccc(C(NCc2ccco2)C2CC2)cc1. The smallest absolute Gasteiger partial charge is 0.118 e. The van der Waals surface area contributed by atoms with Crippen LogP contribution in [0.15, 0.2) is 47.1 Å². The highest BCUT2D eigenvalue weighted by atomic mass is 16.5. The zero-order valence-electron chi connectivity index (χ0n) is 11.1. The normalized spacial score (nSPS) is 16.3. The van der Waals surface area contributed by atoms with Crippen molar-refractivity contribution in [3.05, 3.63) is 54.0 Å². The molecule has 0 bridgehead atoms. The molecule has 1 aromatic carbocycles. The van der Waals surface area contributed by atoms with E-state index in [0.29, 0.717) is 6.04 Å². The van der Waals surface area contributed by atoms with Gasteiger partial charge in [0.25, 0.3) is 0 Å². The molecule has 1 atom stereocenters. The van der Waals surface area contributed by atoms with E-state index in [1.807, 2.05) is 24.3 Å². The van der Waals surface area contributed by atoms with Crippen molar-refractivity contribution in [2.75, 3.05) is 7.11 Å². The predicted octanol–water partition coefficient (Wildman–Crippen LogP) is 3.53. The molecule has 1 saturated carbocycles. The predicted molar refractivity (Wildman–Crippen MR) is 74.0 cm³/mol. The Bertz CT molecular complexity index is 500. The van der Waals surface area contributed by atoms with Crippen LogP contribution in [-0.2, 0) is 6.54 Å². The van der Waals surface area contributed by atoms with E-state index >= 15 is 0 Å². The van der Waals surface area contributed by atoms with Crippen molar-refractivity contribution < 1.29 is 9.15 Å². The summed E-state index contributed by atoms with van der Waals surface area (Å²) < 4.78 is 10.6. The zero-order valence-corrected chi connectivity index (χ0v) is 11.1. The molecular weight excluding hydrogens is 238 g/mol. The highest BCUT2D eigenvalue weighted by molar-refractivity contribution is 5.30. The standard InChI is InChI=1S/C16H19NO2/c1-18-14-8-6-13(7-9-14)16(12-4-5-12)17-11-15-3-2-10-19-15/h2-3,6-10,12,16-17H,4-5,11H2,1H3. The van der Waals surface area contributed by atoms with Crippen molar-refractivity contribution in [2.24, 2.45) is 5.92 Å². The van der Waals surface area contributed by atoms with Gasteiger partial charge in [-0.2, -0.15) is 0 Å². The molecule has 1 aliphatic carbocycles. The van der Waals surface area contributed by atoms with E-state index in [2.05, 4.69) is 17.4 Å². The Morgan fingerprint density at radius 3 is 2.63 bits per heavy atom. The average molecular weight is 257 g/mol. The Morgan fingerprint density at radius 1 is 1.26 bits per heavy atom. The van der Waals surface area contributed by atoms with Crippen LogP contribution >= 0.6 is 0 Å². The molecule has 19 heavy (non-hydrogen) atoms. The number of nitrogens with one attached hydrogen (secondary N) is 1. The first-order valence-electron chi connectivity index (χ1n) is 6.76. The zero-order chi connectivity index (χ0) is 13.1. The molecule has 0 spiro atoms. The Kier molecular flexibility index (Phi) is 3.56. The second kappa shape index (κ2) is 5.49. The summed E-state index contributed by atoms with van der Waals surface area (Å²) in [5, 5.41) is 3.60. The molecule has 3 nitrogen and oxygen atoms in total. The molecule has 0 amide bonds. The van der Waals surface area contributed by atoms with Crippen molar-refractivity contribution in [3.63, 3.8) is 0 Å². The van der Waals surface area contributed by atoms with Crippen LogP contribution in [0.1, 0.15) is 30.2 Å². The van der Waals surface area contributed by atoms with Gasteiger partial charge in [0.15, 0.2) is 0 Å². The third kappa shape index (κ3) is 2.99. The minimum atomic E-state index is 0.413. The van der Waals surface area contributed by atoms with E-state index in [-0.39, 0.29) is 0 Å².